The van der Waals surface area contributed by atoms with E-state index in [0.29, 0.717) is 0 Å². The average Bonchev–Trinajstić information content (AvgIpc) is 2.13. The van der Waals surface area contributed by atoms with Crippen molar-refractivity contribution >= 4 is 23.5 Å². The van der Waals surface area contributed by atoms with E-state index in [9.17, 15) is 9.59 Å². The Bertz CT molecular complexity index is 322. The Morgan fingerprint density at radius 3 is 2.60 bits per heavy atom. The highest BCUT2D eigenvalue weighted by Crippen LogP contribution is 1.90. The third kappa shape index (κ3) is 5.19. The standard InChI is InChI=1S/C8H11N3O4/c1-3-4-14-7(12)6(5(2)9)11-15-8(10)13/h3,9H,1,4H2,2H3,(H2,10,13)/b9-5?,11-6+. The Kier molecular flexibility index (Phi) is 5.38. The van der Waals surface area contributed by atoms with Crippen molar-refractivity contribution < 1.29 is 19.2 Å². The topological polar surface area (TPSA) is 115 Å². The molecule has 7 heteroatoms. The summed E-state index contributed by atoms with van der Waals surface area (Å²) in [7, 11) is 0. The van der Waals surface area contributed by atoms with Crippen LogP contribution in [-0.2, 0) is 14.4 Å². The number of oxime groups is 1. The molecule has 0 aromatic rings. The maximum atomic E-state index is 11.2. The summed E-state index contributed by atoms with van der Waals surface area (Å²) >= 11 is 0. The number of amides is 1. The first-order chi connectivity index (χ1) is 6.99. The second-order valence-corrected chi connectivity index (χ2v) is 2.36. The molecule has 3 N–H and O–H groups in total. The second-order valence-electron chi connectivity index (χ2n) is 2.36. The van der Waals surface area contributed by atoms with Gasteiger partial charge in [-0.25, -0.2) is 9.59 Å². The van der Waals surface area contributed by atoms with E-state index in [4.69, 9.17) is 5.41 Å². The summed E-state index contributed by atoms with van der Waals surface area (Å²) in [6, 6.07) is 0. The maximum absolute atomic E-state index is 11.2. The van der Waals surface area contributed by atoms with Crippen molar-refractivity contribution in [2.75, 3.05) is 6.61 Å². The zero-order chi connectivity index (χ0) is 11.8. The van der Waals surface area contributed by atoms with E-state index in [-0.39, 0.29) is 12.3 Å². The molecule has 0 unspecified atom stereocenters. The van der Waals surface area contributed by atoms with Gasteiger partial charge in [-0.15, -0.1) is 0 Å². The molecule has 0 heterocycles. The van der Waals surface area contributed by atoms with Gasteiger partial charge < -0.3 is 15.9 Å². The number of carbonyl (C=O) groups is 2. The van der Waals surface area contributed by atoms with Gasteiger partial charge in [0.25, 0.3) is 0 Å². The lowest BCUT2D eigenvalue weighted by Crippen LogP contribution is -2.25. The summed E-state index contributed by atoms with van der Waals surface area (Å²) in [5.41, 5.74) is 4.01. The number of hydrogen-bond acceptors (Lipinski definition) is 6. The zero-order valence-corrected chi connectivity index (χ0v) is 8.15. The summed E-state index contributed by atoms with van der Waals surface area (Å²) in [6.45, 7) is 4.60. The largest absolute Gasteiger partial charge is 0.457 e. The molecule has 0 rings (SSSR count). The minimum Gasteiger partial charge on any atom is -0.457 e. The van der Waals surface area contributed by atoms with Crippen molar-refractivity contribution in [3.63, 3.8) is 0 Å². The highest BCUT2D eigenvalue weighted by atomic mass is 16.7. The lowest BCUT2D eigenvalue weighted by Gasteiger charge is -2.02. The zero-order valence-electron chi connectivity index (χ0n) is 8.15. The van der Waals surface area contributed by atoms with Gasteiger partial charge in [-0.05, 0) is 6.92 Å². The van der Waals surface area contributed by atoms with Crippen molar-refractivity contribution in [1.82, 2.24) is 0 Å². The number of hydrogen-bond donors (Lipinski definition) is 2. The van der Waals surface area contributed by atoms with Crippen LogP contribution in [0.2, 0.25) is 0 Å². The van der Waals surface area contributed by atoms with Crippen LogP contribution in [0.3, 0.4) is 0 Å². The fourth-order valence-electron chi connectivity index (χ4n) is 0.552. The van der Waals surface area contributed by atoms with Crippen LogP contribution in [-0.4, -0.2) is 30.1 Å². The molecule has 7 nitrogen and oxygen atoms in total. The molecule has 0 saturated carbocycles. The minimum absolute atomic E-state index is 0.0261. The van der Waals surface area contributed by atoms with Gasteiger partial charge in [0.05, 0.1) is 5.71 Å². The number of esters is 1. The van der Waals surface area contributed by atoms with Crippen LogP contribution in [0.4, 0.5) is 4.79 Å². The third-order valence-electron chi connectivity index (χ3n) is 1.11. The number of ether oxygens (including phenoxy) is 1. The van der Waals surface area contributed by atoms with Crippen molar-refractivity contribution in [2.24, 2.45) is 10.9 Å². The second kappa shape index (κ2) is 6.30. The van der Waals surface area contributed by atoms with Gasteiger partial charge in [0, 0.05) is 0 Å². The molecule has 0 aliphatic carbocycles. The predicted octanol–water partition coefficient (Wildman–Crippen LogP) is 0.207. The van der Waals surface area contributed by atoms with Gasteiger partial charge in [-0.1, -0.05) is 17.8 Å². The Morgan fingerprint density at radius 1 is 1.60 bits per heavy atom. The Morgan fingerprint density at radius 2 is 2.20 bits per heavy atom. The van der Waals surface area contributed by atoms with E-state index < -0.39 is 17.8 Å². The first-order valence-electron chi connectivity index (χ1n) is 3.87. The van der Waals surface area contributed by atoms with Crippen LogP contribution in [0, 0.1) is 5.41 Å². The van der Waals surface area contributed by atoms with Crippen LogP contribution in [0.25, 0.3) is 0 Å². The van der Waals surface area contributed by atoms with Crippen LogP contribution < -0.4 is 5.73 Å². The van der Waals surface area contributed by atoms with Crippen molar-refractivity contribution in [1.29, 1.82) is 5.41 Å². The monoisotopic (exact) mass is 213 g/mol. The van der Waals surface area contributed by atoms with Gasteiger partial charge in [-0.3, -0.25) is 4.84 Å². The smallest absolute Gasteiger partial charge is 0.430 e. The minimum atomic E-state index is -1.18. The molecule has 1 amide bonds. The number of rotatable bonds is 5. The molecule has 15 heavy (non-hydrogen) atoms. The average molecular weight is 213 g/mol. The van der Waals surface area contributed by atoms with Gasteiger partial charge in [0.15, 0.2) is 0 Å². The van der Waals surface area contributed by atoms with Gasteiger partial charge in [0.2, 0.25) is 5.71 Å². The maximum Gasteiger partial charge on any atom is 0.430 e. The SMILES string of the molecule is C=CCOC(=O)/C(=N/OC(N)=O)C(C)=N. The third-order valence-corrected chi connectivity index (χ3v) is 1.11. The summed E-state index contributed by atoms with van der Waals surface area (Å²) in [5.74, 6) is -0.886. The molecule has 0 spiro atoms. The highest BCUT2D eigenvalue weighted by Gasteiger charge is 2.16. The number of nitrogens with zero attached hydrogens (tertiary/aromatic N) is 1. The van der Waals surface area contributed by atoms with Crippen LogP contribution in [0.1, 0.15) is 6.92 Å². The fourth-order valence-corrected chi connectivity index (χ4v) is 0.552. The Labute approximate surface area is 86.0 Å². The molecule has 0 saturated heterocycles. The summed E-state index contributed by atoms with van der Waals surface area (Å²) in [4.78, 5) is 25.4. The summed E-state index contributed by atoms with van der Waals surface area (Å²) in [6.07, 6.45) is 0.175. The first kappa shape index (κ1) is 12.8. The lowest BCUT2D eigenvalue weighted by molar-refractivity contribution is -0.134. The molecular formula is C8H11N3O4. The van der Waals surface area contributed by atoms with Gasteiger partial charge >= 0.3 is 12.1 Å². The Hall–Kier alpha value is -2.18. The van der Waals surface area contributed by atoms with Crippen molar-refractivity contribution in [3.05, 3.63) is 12.7 Å². The van der Waals surface area contributed by atoms with Gasteiger partial charge in [0.1, 0.15) is 6.61 Å². The van der Waals surface area contributed by atoms with E-state index in [0.717, 1.165) is 0 Å². The van der Waals surface area contributed by atoms with Gasteiger partial charge in [-0.2, -0.15) is 0 Å². The van der Waals surface area contributed by atoms with Crippen LogP contribution >= 0.6 is 0 Å². The summed E-state index contributed by atoms with van der Waals surface area (Å²) < 4.78 is 4.59. The van der Waals surface area contributed by atoms with E-state index in [1.807, 2.05) is 0 Å². The van der Waals surface area contributed by atoms with E-state index >= 15 is 0 Å². The van der Waals surface area contributed by atoms with Crippen molar-refractivity contribution in [3.8, 4) is 0 Å². The summed E-state index contributed by atoms with van der Waals surface area (Å²) in [5, 5.41) is 10.3. The lowest BCUT2D eigenvalue weighted by atomic mass is 10.2. The van der Waals surface area contributed by atoms with E-state index in [1.165, 1.54) is 13.0 Å². The molecule has 0 aliphatic heterocycles. The Balaban J connectivity index is 4.58. The number of primary amides is 1. The number of carbonyl (C=O) groups excluding carboxylic acids is 2. The number of nitrogens with two attached hydrogens (primary N) is 1. The molecule has 0 atom stereocenters. The van der Waals surface area contributed by atoms with Crippen molar-refractivity contribution in [2.45, 2.75) is 6.92 Å². The highest BCUT2D eigenvalue weighted by molar-refractivity contribution is 6.64. The normalized spacial score (nSPS) is 10.3. The molecule has 0 radical (unpaired) electrons. The molecule has 0 aliphatic rings. The van der Waals surface area contributed by atoms with Crippen LogP contribution in [0.5, 0.6) is 0 Å². The first-order valence-corrected chi connectivity index (χ1v) is 3.87. The molecule has 82 valence electrons. The molecule has 0 aromatic heterocycles. The van der Waals surface area contributed by atoms with Crippen LogP contribution in [0.15, 0.2) is 17.8 Å². The van der Waals surface area contributed by atoms with E-state index in [2.05, 4.69) is 27.0 Å². The fraction of sp³-hybridized carbons (Fsp3) is 0.250. The predicted molar refractivity (Wildman–Crippen MR) is 52.7 cm³/mol. The quantitative estimate of drug-likeness (QED) is 0.223. The molecule has 0 aromatic carbocycles. The molecular weight excluding hydrogens is 202 g/mol. The number of nitrogens with one attached hydrogen (secondary N) is 1. The van der Waals surface area contributed by atoms with E-state index in [1.54, 1.807) is 0 Å². The molecule has 0 fully saturated rings. The molecule has 0 bridgehead atoms.